The molecule has 2 atom stereocenters. The molecule has 36 heavy (non-hydrogen) atoms. The van der Waals surface area contributed by atoms with Gasteiger partial charge in [-0.15, -0.1) is 0 Å². The lowest BCUT2D eigenvalue weighted by Crippen LogP contribution is -2.38. The van der Waals surface area contributed by atoms with Crippen molar-refractivity contribution in [2.75, 3.05) is 39.0 Å². The van der Waals surface area contributed by atoms with Gasteiger partial charge in [0.2, 0.25) is 5.95 Å². The predicted molar refractivity (Wildman–Crippen MR) is 139 cm³/mol. The highest BCUT2D eigenvalue weighted by molar-refractivity contribution is 5.77. The summed E-state index contributed by atoms with van der Waals surface area (Å²) in [7, 11) is 4.20. The summed E-state index contributed by atoms with van der Waals surface area (Å²) in [6.07, 6.45) is 4.68. The minimum atomic E-state index is -1.04. The van der Waals surface area contributed by atoms with E-state index in [0.717, 1.165) is 44.7 Å². The van der Waals surface area contributed by atoms with Crippen LogP contribution in [-0.4, -0.2) is 68.8 Å². The van der Waals surface area contributed by atoms with Crippen LogP contribution in [0.15, 0.2) is 35.3 Å². The molecule has 0 bridgehead atoms. The van der Waals surface area contributed by atoms with Crippen molar-refractivity contribution in [1.29, 1.82) is 5.26 Å². The highest BCUT2D eigenvalue weighted by Gasteiger charge is 2.39. The molecule has 9 nitrogen and oxygen atoms in total. The summed E-state index contributed by atoms with van der Waals surface area (Å²) in [6.45, 7) is 5.83. The van der Waals surface area contributed by atoms with E-state index in [1.807, 2.05) is 12.1 Å². The number of anilines is 2. The molecule has 2 N–H and O–H groups in total. The predicted octanol–water partition coefficient (Wildman–Crippen LogP) is 2.80. The van der Waals surface area contributed by atoms with E-state index in [0.29, 0.717) is 29.8 Å². The van der Waals surface area contributed by atoms with E-state index in [2.05, 4.69) is 51.3 Å². The normalized spacial score (nSPS) is 22.1. The first-order valence-electron chi connectivity index (χ1n) is 12.6. The molecule has 188 valence electrons. The second kappa shape index (κ2) is 9.62. The summed E-state index contributed by atoms with van der Waals surface area (Å²) in [5, 5.41) is 24.4. The number of rotatable bonds is 6. The molecular formula is C27H33N7O2. The molecule has 0 radical (unpaired) electrons. The number of aliphatic hydroxyl groups is 1. The number of nitrogens with zero attached hydrogens (tertiary/aromatic N) is 6. The van der Waals surface area contributed by atoms with Gasteiger partial charge in [-0.1, -0.05) is 6.07 Å². The second-order valence-corrected chi connectivity index (χ2v) is 10.5. The smallest absolute Gasteiger partial charge is 0.270 e. The van der Waals surface area contributed by atoms with Gasteiger partial charge in [0.1, 0.15) is 17.3 Å². The zero-order valence-corrected chi connectivity index (χ0v) is 21.2. The first kappa shape index (κ1) is 24.4. The van der Waals surface area contributed by atoms with Crippen molar-refractivity contribution >= 4 is 22.7 Å². The maximum absolute atomic E-state index is 13.2. The lowest BCUT2D eigenvalue weighted by molar-refractivity contribution is 0.0266. The van der Waals surface area contributed by atoms with Crippen LogP contribution in [0.2, 0.25) is 0 Å². The van der Waals surface area contributed by atoms with Crippen LogP contribution in [0.3, 0.4) is 0 Å². The number of nitriles is 1. The molecule has 9 heteroatoms. The van der Waals surface area contributed by atoms with Crippen LogP contribution >= 0.6 is 0 Å². The Hall–Kier alpha value is -3.32. The summed E-state index contributed by atoms with van der Waals surface area (Å²) in [5.74, 6) is 0.376. The minimum absolute atomic E-state index is 0.0313. The van der Waals surface area contributed by atoms with E-state index in [-0.39, 0.29) is 5.56 Å². The van der Waals surface area contributed by atoms with Crippen LogP contribution in [-0.2, 0) is 13.0 Å². The molecule has 1 aliphatic carbocycles. The molecule has 2 unspecified atom stereocenters. The molecule has 2 aliphatic rings. The maximum Gasteiger partial charge on any atom is 0.270 e. The van der Waals surface area contributed by atoms with Crippen LogP contribution in [0.4, 0.5) is 11.6 Å². The molecule has 0 saturated heterocycles. The number of likely N-dealkylation sites (N-methyl/N-ethyl adjacent to an activating group) is 1. The lowest BCUT2D eigenvalue weighted by atomic mass is 9.99. The molecule has 0 amide bonds. The van der Waals surface area contributed by atoms with E-state index in [1.165, 1.54) is 21.8 Å². The molecule has 5 rings (SSSR count). The average Bonchev–Trinajstić information content (AvgIpc) is 3.20. The van der Waals surface area contributed by atoms with Gasteiger partial charge >= 0.3 is 0 Å². The Morgan fingerprint density at radius 3 is 2.86 bits per heavy atom. The minimum Gasteiger partial charge on any atom is -0.388 e. The van der Waals surface area contributed by atoms with E-state index in [4.69, 9.17) is 0 Å². The molecule has 3 heterocycles. The number of aromatic nitrogens is 3. The fourth-order valence-electron chi connectivity index (χ4n) is 5.44. The Labute approximate surface area is 211 Å². The Kier molecular flexibility index (Phi) is 6.51. The van der Waals surface area contributed by atoms with E-state index in [1.54, 1.807) is 13.1 Å². The first-order valence-corrected chi connectivity index (χ1v) is 12.6. The zero-order chi connectivity index (χ0) is 25.4. The lowest BCUT2D eigenvalue weighted by Gasteiger charge is -2.30. The number of pyridine rings is 1. The van der Waals surface area contributed by atoms with Gasteiger partial charge in [0.15, 0.2) is 0 Å². The summed E-state index contributed by atoms with van der Waals surface area (Å²) in [4.78, 5) is 27.0. The van der Waals surface area contributed by atoms with Gasteiger partial charge in [-0.3, -0.25) is 14.3 Å². The van der Waals surface area contributed by atoms with Crippen molar-refractivity contribution in [2.45, 2.75) is 50.8 Å². The van der Waals surface area contributed by atoms with Crippen molar-refractivity contribution in [3.63, 3.8) is 0 Å². The molecule has 1 saturated carbocycles. The van der Waals surface area contributed by atoms with Crippen molar-refractivity contribution in [3.8, 4) is 6.07 Å². The van der Waals surface area contributed by atoms with Crippen LogP contribution in [0.25, 0.3) is 11.0 Å². The van der Waals surface area contributed by atoms with Crippen molar-refractivity contribution in [2.24, 2.45) is 0 Å². The third-order valence-corrected chi connectivity index (χ3v) is 7.50. The topological polar surface area (TPSA) is 110 Å². The van der Waals surface area contributed by atoms with Gasteiger partial charge < -0.3 is 15.3 Å². The maximum atomic E-state index is 13.2. The molecule has 2 aromatic heterocycles. The van der Waals surface area contributed by atoms with Crippen LogP contribution < -0.4 is 10.9 Å². The highest BCUT2D eigenvalue weighted by atomic mass is 16.3. The largest absolute Gasteiger partial charge is 0.388 e. The number of benzene rings is 1. The highest BCUT2D eigenvalue weighted by Crippen LogP contribution is 2.39. The Morgan fingerprint density at radius 1 is 1.31 bits per heavy atom. The van der Waals surface area contributed by atoms with Gasteiger partial charge in [-0.25, -0.2) is 4.98 Å². The fraction of sp³-hybridized carbons (Fsp3) is 0.481. The summed E-state index contributed by atoms with van der Waals surface area (Å²) in [5.41, 5.74) is 2.55. The fourth-order valence-corrected chi connectivity index (χ4v) is 5.44. The van der Waals surface area contributed by atoms with Crippen molar-refractivity contribution in [1.82, 2.24) is 24.3 Å². The Morgan fingerprint density at radius 2 is 2.14 bits per heavy atom. The Balaban J connectivity index is 1.44. The number of hydrogen-bond donors (Lipinski definition) is 2. The standard InChI is InChI=1S/C27H33N7O2/c1-27(36)9-4-5-23(27)34-24-21(13-20(15-28)25(34)35)16-29-26(31-24)30-22-7-6-19-17-33(12-11-32(2)3)10-8-18(19)14-22/h6-7,13-14,16,23,36H,4-5,8-12,17H2,1-3H3,(H,29,30,31). The van der Waals surface area contributed by atoms with Gasteiger partial charge in [-0.05, 0) is 76.0 Å². The molecule has 1 aromatic carbocycles. The average molecular weight is 488 g/mol. The Bertz CT molecular complexity index is 1390. The van der Waals surface area contributed by atoms with Crippen LogP contribution in [0, 0.1) is 11.3 Å². The van der Waals surface area contributed by atoms with Gasteiger partial charge in [0, 0.05) is 43.4 Å². The molecule has 0 spiro atoms. The number of nitrogens with one attached hydrogen (secondary N) is 1. The number of fused-ring (bicyclic) bond motifs is 2. The van der Waals surface area contributed by atoms with Gasteiger partial charge in [0.25, 0.3) is 5.56 Å². The SMILES string of the molecule is CN(C)CCN1CCc2cc(Nc3ncc4cc(C#N)c(=O)n(C5CCCC5(C)O)c4n3)ccc2C1. The third-order valence-electron chi connectivity index (χ3n) is 7.50. The third kappa shape index (κ3) is 4.72. The summed E-state index contributed by atoms with van der Waals surface area (Å²) in [6, 6.07) is 9.42. The van der Waals surface area contributed by atoms with E-state index in [9.17, 15) is 15.2 Å². The van der Waals surface area contributed by atoms with Crippen LogP contribution in [0.1, 0.15) is 48.9 Å². The van der Waals surface area contributed by atoms with Crippen molar-refractivity contribution in [3.05, 3.63) is 57.5 Å². The van der Waals surface area contributed by atoms with E-state index < -0.39 is 17.2 Å². The molecule has 1 aliphatic heterocycles. The number of hydrogen-bond acceptors (Lipinski definition) is 8. The van der Waals surface area contributed by atoms with Gasteiger partial charge in [-0.2, -0.15) is 10.2 Å². The summed E-state index contributed by atoms with van der Waals surface area (Å²) < 4.78 is 1.50. The monoisotopic (exact) mass is 487 g/mol. The first-order chi connectivity index (χ1) is 17.2. The van der Waals surface area contributed by atoms with Crippen molar-refractivity contribution < 1.29 is 5.11 Å². The van der Waals surface area contributed by atoms with E-state index >= 15 is 0 Å². The second-order valence-electron chi connectivity index (χ2n) is 10.5. The molecule has 1 fully saturated rings. The quantitative estimate of drug-likeness (QED) is 0.546. The molecule has 3 aromatic rings. The zero-order valence-electron chi connectivity index (χ0n) is 21.2. The summed E-state index contributed by atoms with van der Waals surface area (Å²) >= 11 is 0. The van der Waals surface area contributed by atoms with Gasteiger partial charge in [0.05, 0.1) is 11.6 Å². The van der Waals surface area contributed by atoms with Crippen LogP contribution in [0.5, 0.6) is 0 Å². The molecular weight excluding hydrogens is 454 g/mol.